The number of fused-ring (bicyclic) bond motifs is 4. The summed E-state index contributed by atoms with van der Waals surface area (Å²) >= 11 is 0. The number of imide groups is 1. The molecule has 4 aromatic carbocycles. The highest BCUT2D eigenvalue weighted by Crippen LogP contribution is 2.65. The van der Waals surface area contributed by atoms with Crippen LogP contribution in [0.1, 0.15) is 47.9 Å². The number of rotatable bonds is 7. The molecule has 1 saturated heterocycles. The second-order valence-electron chi connectivity index (χ2n) is 14.1. The Bertz CT molecular complexity index is 2170. The molecule has 2 fully saturated rings. The molecule has 8 nitrogen and oxygen atoms in total. The van der Waals surface area contributed by atoms with Gasteiger partial charge in [0, 0.05) is 35.1 Å². The number of Topliss-reactive ketones (excluding diaryl/α,β-unsaturated/α-hetero) is 1. The molecule has 2 amide bonds. The molecule has 1 aliphatic heterocycles. The highest BCUT2D eigenvalue weighted by Gasteiger charge is 2.66. The number of aromatic hydroxyl groups is 1. The number of hydrogen-bond donors (Lipinski definition) is 1. The smallest absolute Gasteiger partial charge is 0.238 e. The Morgan fingerprint density at radius 1 is 0.827 bits per heavy atom. The number of hydrogen-bond acceptors (Lipinski definition) is 7. The minimum Gasteiger partial charge on any atom is -0.507 e. The van der Waals surface area contributed by atoms with E-state index in [1.807, 2.05) is 97.9 Å². The monoisotopic (exact) mass is 693 g/mol. The summed E-state index contributed by atoms with van der Waals surface area (Å²) in [4.78, 5) is 60.5. The minimum absolute atomic E-state index is 0.161. The summed E-state index contributed by atoms with van der Waals surface area (Å²) in [6.45, 7) is 2.04. The van der Waals surface area contributed by atoms with Crippen molar-refractivity contribution in [1.29, 1.82) is 0 Å². The fourth-order valence-electron chi connectivity index (χ4n) is 9.49. The molecule has 0 aromatic heterocycles. The van der Waals surface area contributed by atoms with Crippen molar-refractivity contribution in [3.63, 3.8) is 0 Å². The fourth-order valence-corrected chi connectivity index (χ4v) is 9.49. The maximum atomic E-state index is 15.3. The van der Waals surface area contributed by atoms with Crippen LogP contribution in [0.3, 0.4) is 0 Å². The quantitative estimate of drug-likeness (QED) is 0.164. The SMILES string of the molecule is CCc1ccc(N2C(=O)C3CC=C4C(CC5C(=O)C(c6ccccc6)=CC(=O)C5(c5ccccc5)C4c4c(O)cc(OC)cc4OC)C3C2=O)cc1. The highest BCUT2D eigenvalue weighted by molar-refractivity contribution is 6.32. The van der Waals surface area contributed by atoms with Gasteiger partial charge in [0.2, 0.25) is 11.8 Å². The van der Waals surface area contributed by atoms with E-state index in [0.29, 0.717) is 33.7 Å². The van der Waals surface area contributed by atoms with Crippen molar-refractivity contribution >= 4 is 34.6 Å². The van der Waals surface area contributed by atoms with Crippen molar-refractivity contribution < 1.29 is 33.8 Å². The number of ether oxygens (including phenoxy) is 2. The first kappa shape index (κ1) is 33.4. The minimum atomic E-state index is -1.51. The van der Waals surface area contributed by atoms with E-state index < -0.39 is 35.0 Å². The molecule has 6 atom stereocenters. The number of phenolic OH excluding ortho intramolecular Hbond substituents is 1. The summed E-state index contributed by atoms with van der Waals surface area (Å²) in [6.07, 6.45) is 4.68. The van der Waals surface area contributed by atoms with Crippen molar-refractivity contribution in [2.75, 3.05) is 19.1 Å². The molecule has 1 saturated carbocycles. The van der Waals surface area contributed by atoms with Crippen LogP contribution in [0.4, 0.5) is 5.69 Å². The third-order valence-electron chi connectivity index (χ3n) is 11.8. The molecule has 8 rings (SSSR count). The van der Waals surface area contributed by atoms with Gasteiger partial charge in [0.25, 0.3) is 0 Å². The molecule has 1 heterocycles. The van der Waals surface area contributed by atoms with Gasteiger partial charge in [0.05, 0.1) is 37.2 Å². The number of allylic oxidation sites excluding steroid dienone is 4. The van der Waals surface area contributed by atoms with E-state index >= 15 is 9.59 Å². The first-order valence-electron chi connectivity index (χ1n) is 17.8. The number of benzene rings is 4. The Balaban J connectivity index is 1.38. The van der Waals surface area contributed by atoms with E-state index in [2.05, 4.69) is 0 Å². The predicted molar refractivity (Wildman–Crippen MR) is 196 cm³/mol. The first-order chi connectivity index (χ1) is 25.2. The number of anilines is 1. The second kappa shape index (κ2) is 12.8. The molecule has 0 radical (unpaired) electrons. The number of carbonyl (C=O) groups is 4. The molecule has 0 spiro atoms. The zero-order valence-corrected chi connectivity index (χ0v) is 29.2. The zero-order chi connectivity index (χ0) is 36.3. The molecule has 3 aliphatic carbocycles. The van der Waals surface area contributed by atoms with Gasteiger partial charge in [-0.1, -0.05) is 91.4 Å². The van der Waals surface area contributed by atoms with Crippen molar-refractivity contribution in [2.45, 2.75) is 37.5 Å². The lowest BCUT2D eigenvalue weighted by Crippen LogP contribution is -2.58. The lowest BCUT2D eigenvalue weighted by molar-refractivity contribution is -0.135. The number of phenols is 1. The van der Waals surface area contributed by atoms with Crippen molar-refractivity contribution in [1.82, 2.24) is 0 Å². The van der Waals surface area contributed by atoms with Gasteiger partial charge in [0.15, 0.2) is 11.6 Å². The largest absolute Gasteiger partial charge is 0.507 e. The standard InChI is InChI=1S/C44H39NO7/c1-4-25-15-17-28(18-16-25)45-42(49)31-20-19-30-33(38(31)43(45)50)23-34-41(48)32(26-11-7-5-8-12-26)24-37(47)44(34,27-13-9-6-10-14-27)40(30)39-35(46)21-29(51-2)22-36(39)52-3/h5-19,21-22,24,31,33-34,38,40,46H,4,20,23H2,1-3H3. The van der Waals surface area contributed by atoms with Gasteiger partial charge in [-0.05, 0) is 60.1 Å². The molecule has 6 unspecified atom stereocenters. The number of carbonyl (C=O) groups excluding carboxylic acids is 4. The van der Waals surface area contributed by atoms with Crippen LogP contribution in [0, 0.1) is 23.7 Å². The van der Waals surface area contributed by atoms with Crippen LogP contribution in [-0.4, -0.2) is 42.7 Å². The maximum absolute atomic E-state index is 15.3. The Morgan fingerprint density at radius 3 is 2.17 bits per heavy atom. The lowest BCUT2D eigenvalue weighted by Gasteiger charge is -2.55. The Labute approximate surface area is 302 Å². The summed E-state index contributed by atoms with van der Waals surface area (Å²) < 4.78 is 11.4. The molecule has 4 aliphatic rings. The van der Waals surface area contributed by atoms with Crippen LogP contribution in [0.2, 0.25) is 0 Å². The van der Waals surface area contributed by atoms with Crippen LogP contribution in [0.15, 0.2) is 115 Å². The van der Waals surface area contributed by atoms with Crippen LogP contribution >= 0.6 is 0 Å². The van der Waals surface area contributed by atoms with Crippen LogP contribution in [0.5, 0.6) is 17.2 Å². The molecule has 0 bridgehead atoms. The van der Waals surface area contributed by atoms with E-state index in [1.165, 1.54) is 31.3 Å². The summed E-state index contributed by atoms with van der Waals surface area (Å²) in [5, 5.41) is 11.9. The van der Waals surface area contributed by atoms with Gasteiger partial charge >= 0.3 is 0 Å². The first-order valence-corrected chi connectivity index (χ1v) is 17.8. The molecule has 262 valence electrons. The average Bonchev–Trinajstić information content (AvgIpc) is 3.44. The van der Waals surface area contributed by atoms with Gasteiger partial charge in [-0.2, -0.15) is 0 Å². The van der Waals surface area contributed by atoms with Gasteiger partial charge in [0.1, 0.15) is 17.2 Å². The van der Waals surface area contributed by atoms with Crippen LogP contribution < -0.4 is 14.4 Å². The van der Waals surface area contributed by atoms with Crippen molar-refractivity contribution in [2.24, 2.45) is 23.7 Å². The number of amides is 2. The summed E-state index contributed by atoms with van der Waals surface area (Å²) in [5.74, 6) is -4.48. The molecule has 8 heteroatoms. The highest BCUT2D eigenvalue weighted by atomic mass is 16.5. The molecule has 1 N–H and O–H groups in total. The van der Waals surface area contributed by atoms with Gasteiger partial charge in [-0.25, -0.2) is 0 Å². The van der Waals surface area contributed by atoms with Crippen molar-refractivity contribution in [3.8, 4) is 17.2 Å². The number of nitrogens with zero attached hydrogens (tertiary/aromatic N) is 1. The molecule has 4 aromatic rings. The third-order valence-corrected chi connectivity index (χ3v) is 11.8. The fraction of sp³-hybridized carbons (Fsp3) is 0.273. The second-order valence-corrected chi connectivity index (χ2v) is 14.1. The van der Waals surface area contributed by atoms with E-state index in [4.69, 9.17) is 9.47 Å². The third kappa shape index (κ3) is 4.80. The summed E-state index contributed by atoms with van der Waals surface area (Å²) in [6, 6.07) is 29.0. The zero-order valence-electron chi connectivity index (χ0n) is 29.2. The van der Waals surface area contributed by atoms with E-state index in [9.17, 15) is 14.7 Å². The van der Waals surface area contributed by atoms with Gasteiger partial charge < -0.3 is 14.6 Å². The molecular formula is C44H39NO7. The predicted octanol–water partition coefficient (Wildman–Crippen LogP) is 7.00. The van der Waals surface area contributed by atoms with Crippen molar-refractivity contribution in [3.05, 3.63) is 137 Å². The molecule has 52 heavy (non-hydrogen) atoms. The lowest BCUT2D eigenvalue weighted by atomic mass is 9.44. The summed E-state index contributed by atoms with van der Waals surface area (Å²) in [5.41, 5.74) is 2.71. The normalized spacial score (nSPS) is 26.6. The maximum Gasteiger partial charge on any atom is 0.238 e. The Kier molecular flexibility index (Phi) is 8.20. The van der Waals surface area contributed by atoms with Gasteiger partial charge in [-0.3, -0.25) is 24.1 Å². The number of methoxy groups -OCH3 is 2. The van der Waals surface area contributed by atoms with E-state index in [0.717, 1.165) is 17.6 Å². The number of aryl methyl sites for hydroxylation is 1. The Hall–Kier alpha value is -5.76. The topological polar surface area (TPSA) is 110 Å². The van der Waals surface area contributed by atoms with E-state index in [-0.39, 0.29) is 47.7 Å². The van der Waals surface area contributed by atoms with Crippen LogP contribution in [0.25, 0.3) is 5.57 Å². The van der Waals surface area contributed by atoms with E-state index in [1.54, 1.807) is 6.07 Å². The van der Waals surface area contributed by atoms with Gasteiger partial charge in [-0.15, -0.1) is 0 Å². The average molecular weight is 694 g/mol. The summed E-state index contributed by atoms with van der Waals surface area (Å²) in [7, 11) is 2.97. The molecular weight excluding hydrogens is 654 g/mol. The Morgan fingerprint density at radius 2 is 1.52 bits per heavy atom. The van der Waals surface area contributed by atoms with Crippen LogP contribution in [-0.2, 0) is 31.0 Å². The number of ketones is 2.